The Labute approximate surface area is 107 Å². The third kappa shape index (κ3) is 1.93. The summed E-state index contributed by atoms with van der Waals surface area (Å²) < 4.78 is 0. The summed E-state index contributed by atoms with van der Waals surface area (Å²) in [6.45, 7) is 3.53. The zero-order valence-electron chi connectivity index (χ0n) is 10.7. The van der Waals surface area contributed by atoms with E-state index in [1.54, 1.807) is 0 Å². The second-order valence-corrected chi connectivity index (χ2v) is 5.65. The third-order valence-corrected chi connectivity index (χ3v) is 4.37. The molecule has 1 amide bonds. The molecule has 96 valence electrons. The van der Waals surface area contributed by atoms with Gasteiger partial charge in [-0.1, -0.05) is 17.7 Å². The van der Waals surface area contributed by atoms with Crippen LogP contribution in [0.3, 0.4) is 0 Å². The Kier molecular flexibility index (Phi) is 2.86. The summed E-state index contributed by atoms with van der Waals surface area (Å²) in [7, 11) is 0. The Morgan fingerprint density at radius 2 is 2.17 bits per heavy atom. The highest BCUT2D eigenvalue weighted by Gasteiger charge is 2.43. The Morgan fingerprint density at radius 1 is 1.33 bits per heavy atom. The molecular weight excluding hydrogens is 226 g/mol. The minimum atomic E-state index is -0.203. The van der Waals surface area contributed by atoms with E-state index in [4.69, 9.17) is 0 Å². The van der Waals surface area contributed by atoms with Crippen LogP contribution < -0.4 is 0 Å². The van der Waals surface area contributed by atoms with Gasteiger partial charge in [-0.2, -0.15) is 0 Å². The number of benzene rings is 1. The molecule has 0 aromatic heterocycles. The van der Waals surface area contributed by atoms with E-state index >= 15 is 0 Å². The number of hydrogen-bond donors (Lipinski definition) is 1. The topological polar surface area (TPSA) is 40.5 Å². The largest absolute Gasteiger partial charge is 0.393 e. The van der Waals surface area contributed by atoms with E-state index in [0.717, 1.165) is 37.1 Å². The van der Waals surface area contributed by atoms with Gasteiger partial charge in [-0.25, -0.2) is 0 Å². The normalized spacial score (nSPS) is 30.6. The highest BCUT2D eigenvalue weighted by molar-refractivity contribution is 5.94. The van der Waals surface area contributed by atoms with Crippen molar-refractivity contribution in [2.75, 3.05) is 13.1 Å². The quantitative estimate of drug-likeness (QED) is 0.820. The van der Waals surface area contributed by atoms with Crippen LogP contribution in [-0.4, -0.2) is 35.1 Å². The summed E-state index contributed by atoms with van der Waals surface area (Å²) in [6, 6.07) is 7.74. The van der Waals surface area contributed by atoms with Crippen LogP contribution in [-0.2, 0) is 0 Å². The fourth-order valence-corrected chi connectivity index (χ4v) is 3.36. The van der Waals surface area contributed by atoms with Crippen LogP contribution in [0.2, 0.25) is 0 Å². The number of carbonyl (C=O) groups excluding carboxylic acids is 1. The summed E-state index contributed by atoms with van der Waals surface area (Å²) in [5, 5.41) is 9.88. The van der Waals surface area contributed by atoms with Gasteiger partial charge in [0.2, 0.25) is 0 Å². The fraction of sp³-hybridized carbons (Fsp3) is 0.533. The van der Waals surface area contributed by atoms with Crippen LogP contribution in [0.5, 0.6) is 0 Å². The van der Waals surface area contributed by atoms with E-state index in [9.17, 15) is 9.90 Å². The predicted octanol–water partition coefficient (Wildman–Crippen LogP) is 1.84. The van der Waals surface area contributed by atoms with E-state index in [0.29, 0.717) is 11.8 Å². The van der Waals surface area contributed by atoms with Gasteiger partial charge < -0.3 is 10.0 Å². The number of carbonyl (C=O) groups is 1. The van der Waals surface area contributed by atoms with Crippen LogP contribution in [0.25, 0.3) is 0 Å². The summed E-state index contributed by atoms with van der Waals surface area (Å²) in [5.41, 5.74) is 1.88. The van der Waals surface area contributed by atoms with Crippen LogP contribution in [0.4, 0.5) is 0 Å². The SMILES string of the molecule is Cc1cccc(C(=O)N2CC3CCC(O)C3C2)c1. The Hall–Kier alpha value is -1.35. The molecule has 0 spiro atoms. The zero-order valence-corrected chi connectivity index (χ0v) is 10.7. The van der Waals surface area contributed by atoms with Crippen LogP contribution in [0.1, 0.15) is 28.8 Å². The van der Waals surface area contributed by atoms with Gasteiger partial charge >= 0.3 is 0 Å². The molecule has 3 unspecified atom stereocenters. The highest BCUT2D eigenvalue weighted by atomic mass is 16.3. The van der Waals surface area contributed by atoms with Crippen molar-refractivity contribution in [1.82, 2.24) is 4.90 Å². The molecule has 1 saturated heterocycles. The Balaban J connectivity index is 1.75. The molecule has 18 heavy (non-hydrogen) atoms. The monoisotopic (exact) mass is 245 g/mol. The van der Waals surface area contributed by atoms with Gasteiger partial charge in [-0.3, -0.25) is 4.79 Å². The van der Waals surface area contributed by atoms with Crippen molar-refractivity contribution in [2.24, 2.45) is 11.8 Å². The van der Waals surface area contributed by atoms with E-state index in [1.807, 2.05) is 36.1 Å². The molecule has 1 N–H and O–H groups in total. The molecular formula is C15H19NO2. The smallest absolute Gasteiger partial charge is 0.253 e. The Morgan fingerprint density at radius 3 is 2.89 bits per heavy atom. The number of rotatable bonds is 1. The number of hydrogen-bond acceptors (Lipinski definition) is 2. The summed E-state index contributed by atoms with van der Waals surface area (Å²) in [6.07, 6.45) is 1.76. The highest BCUT2D eigenvalue weighted by Crippen LogP contribution is 2.38. The van der Waals surface area contributed by atoms with Gasteiger partial charge in [-0.15, -0.1) is 0 Å². The molecule has 0 radical (unpaired) electrons. The van der Waals surface area contributed by atoms with Crippen LogP contribution in [0.15, 0.2) is 24.3 Å². The standard InChI is InChI=1S/C15H19NO2/c1-10-3-2-4-11(7-10)15(18)16-8-12-5-6-14(17)13(12)9-16/h2-4,7,12-14,17H,5-6,8-9H2,1H3. The Bertz CT molecular complexity index is 471. The maximum Gasteiger partial charge on any atom is 0.253 e. The number of amides is 1. The van der Waals surface area contributed by atoms with Gasteiger partial charge in [0.05, 0.1) is 6.10 Å². The fourth-order valence-electron chi connectivity index (χ4n) is 3.36. The molecule has 2 fully saturated rings. The summed E-state index contributed by atoms with van der Waals surface area (Å²) in [4.78, 5) is 14.3. The first-order valence-corrected chi connectivity index (χ1v) is 6.69. The first-order chi connectivity index (χ1) is 8.65. The molecule has 0 bridgehead atoms. The number of likely N-dealkylation sites (tertiary alicyclic amines) is 1. The van der Waals surface area contributed by atoms with Crippen LogP contribution in [0, 0.1) is 18.8 Å². The average Bonchev–Trinajstić information content (AvgIpc) is 2.91. The van der Waals surface area contributed by atoms with E-state index < -0.39 is 0 Å². The van der Waals surface area contributed by atoms with E-state index in [2.05, 4.69) is 0 Å². The third-order valence-electron chi connectivity index (χ3n) is 4.37. The first kappa shape index (κ1) is 11.7. The predicted molar refractivity (Wildman–Crippen MR) is 69.3 cm³/mol. The zero-order chi connectivity index (χ0) is 12.7. The molecule has 1 aromatic carbocycles. The van der Waals surface area contributed by atoms with Crippen molar-refractivity contribution in [1.29, 1.82) is 0 Å². The number of aryl methyl sites for hydroxylation is 1. The minimum Gasteiger partial charge on any atom is -0.393 e. The second-order valence-electron chi connectivity index (χ2n) is 5.65. The van der Waals surface area contributed by atoms with E-state index in [-0.39, 0.29) is 12.0 Å². The maximum atomic E-state index is 12.4. The molecule has 1 aliphatic carbocycles. The molecule has 1 saturated carbocycles. The first-order valence-electron chi connectivity index (χ1n) is 6.69. The lowest BCUT2D eigenvalue weighted by molar-refractivity contribution is 0.0752. The summed E-state index contributed by atoms with van der Waals surface area (Å²) >= 11 is 0. The number of nitrogens with zero attached hydrogens (tertiary/aromatic N) is 1. The molecule has 1 aliphatic heterocycles. The van der Waals surface area contributed by atoms with Crippen molar-refractivity contribution >= 4 is 5.91 Å². The number of aliphatic hydroxyl groups is 1. The molecule has 3 atom stereocenters. The van der Waals surface area contributed by atoms with Crippen LogP contribution >= 0.6 is 0 Å². The van der Waals surface area contributed by atoms with Gasteiger partial charge in [0.25, 0.3) is 5.91 Å². The van der Waals surface area contributed by atoms with Gasteiger partial charge in [0.15, 0.2) is 0 Å². The maximum absolute atomic E-state index is 12.4. The molecule has 3 heteroatoms. The number of fused-ring (bicyclic) bond motifs is 1. The molecule has 3 rings (SSSR count). The van der Waals surface area contributed by atoms with E-state index in [1.165, 1.54) is 0 Å². The molecule has 1 heterocycles. The van der Waals surface area contributed by atoms with Gasteiger partial charge in [0, 0.05) is 24.6 Å². The minimum absolute atomic E-state index is 0.111. The van der Waals surface area contributed by atoms with Gasteiger partial charge in [0.1, 0.15) is 0 Å². The summed E-state index contributed by atoms with van der Waals surface area (Å²) in [5.74, 6) is 0.924. The van der Waals surface area contributed by atoms with Crippen molar-refractivity contribution in [3.8, 4) is 0 Å². The lowest BCUT2D eigenvalue weighted by Crippen LogP contribution is -2.31. The lowest BCUT2D eigenvalue weighted by Gasteiger charge is -2.18. The molecule has 1 aromatic rings. The second kappa shape index (κ2) is 4.39. The van der Waals surface area contributed by atoms with Crippen molar-refractivity contribution in [3.63, 3.8) is 0 Å². The van der Waals surface area contributed by atoms with Crippen molar-refractivity contribution in [3.05, 3.63) is 35.4 Å². The van der Waals surface area contributed by atoms with Crippen molar-refractivity contribution in [2.45, 2.75) is 25.9 Å². The van der Waals surface area contributed by atoms with Gasteiger partial charge in [-0.05, 0) is 37.8 Å². The average molecular weight is 245 g/mol. The molecule has 2 aliphatic rings. The number of aliphatic hydroxyl groups excluding tert-OH is 1. The molecule has 3 nitrogen and oxygen atoms in total. The lowest BCUT2D eigenvalue weighted by atomic mass is 10.00. The van der Waals surface area contributed by atoms with Crippen molar-refractivity contribution < 1.29 is 9.90 Å².